The highest BCUT2D eigenvalue weighted by molar-refractivity contribution is 5.88. The number of allylic oxidation sites excluding steroid dienone is 2. The predicted octanol–water partition coefficient (Wildman–Crippen LogP) is 2.82. The van der Waals surface area contributed by atoms with Crippen LogP contribution >= 0.6 is 0 Å². The molecule has 0 unspecified atom stereocenters. The molecule has 32 heavy (non-hydrogen) atoms. The van der Waals surface area contributed by atoms with Crippen LogP contribution in [0, 0.1) is 22.7 Å². The molecule has 1 N–H and O–H groups in total. The Hall–Kier alpha value is -1.74. The first kappa shape index (κ1) is 22.1. The highest BCUT2D eigenvalue weighted by Crippen LogP contribution is 2.74. The van der Waals surface area contributed by atoms with Gasteiger partial charge < -0.3 is 28.8 Å². The number of carbonyl (C=O) groups is 2. The molecule has 0 radical (unpaired) electrons. The molecule has 2 saturated carbocycles. The van der Waals surface area contributed by atoms with E-state index in [9.17, 15) is 14.7 Å². The monoisotopic (exact) mass is 448 g/mol. The molecule has 3 fully saturated rings. The summed E-state index contributed by atoms with van der Waals surface area (Å²) in [5.74, 6) is -2.89. The second-order valence-electron chi connectivity index (χ2n) is 9.91. The van der Waals surface area contributed by atoms with Crippen molar-refractivity contribution in [3.8, 4) is 0 Å². The number of carboxylic acid groups (broad SMARTS) is 1. The highest BCUT2D eigenvalue weighted by atomic mass is 16.8. The van der Waals surface area contributed by atoms with Gasteiger partial charge in [0.25, 0.3) is 0 Å². The molecule has 1 saturated heterocycles. The van der Waals surface area contributed by atoms with E-state index in [4.69, 9.17) is 23.7 Å². The van der Waals surface area contributed by atoms with Gasteiger partial charge in [-0.1, -0.05) is 17.7 Å². The number of ether oxygens (including phenoxy) is 5. The molecule has 5 rings (SSSR count). The molecule has 8 heteroatoms. The Bertz CT molecular complexity index is 886. The summed E-state index contributed by atoms with van der Waals surface area (Å²) in [6, 6.07) is 0. The van der Waals surface area contributed by atoms with Gasteiger partial charge in [-0.2, -0.15) is 0 Å². The normalized spacial score (nSPS) is 41.1. The lowest BCUT2D eigenvalue weighted by atomic mass is 9.61. The Morgan fingerprint density at radius 2 is 2.00 bits per heavy atom. The zero-order valence-electron chi connectivity index (χ0n) is 19.0. The van der Waals surface area contributed by atoms with Crippen LogP contribution in [0.5, 0.6) is 0 Å². The van der Waals surface area contributed by atoms with Gasteiger partial charge in [-0.15, -0.1) is 0 Å². The summed E-state index contributed by atoms with van der Waals surface area (Å²) in [6.07, 6.45) is 6.81. The van der Waals surface area contributed by atoms with Gasteiger partial charge in [0.1, 0.15) is 17.8 Å². The fraction of sp³-hybridized carbons (Fsp3) is 0.750. The maximum atomic E-state index is 13.5. The quantitative estimate of drug-likeness (QED) is 0.376. The largest absolute Gasteiger partial charge is 0.480 e. The molecule has 0 aromatic heterocycles. The Kier molecular flexibility index (Phi) is 5.09. The summed E-state index contributed by atoms with van der Waals surface area (Å²) in [5.41, 5.74) is -0.794. The van der Waals surface area contributed by atoms with E-state index in [-0.39, 0.29) is 25.3 Å². The van der Waals surface area contributed by atoms with Crippen molar-refractivity contribution in [3.05, 3.63) is 23.3 Å². The molecule has 5 aliphatic rings. The van der Waals surface area contributed by atoms with E-state index >= 15 is 0 Å². The van der Waals surface area contributed by atoms with E-state index < -0.39 is 34.1 Å². The molecule has 1 aliphatic heterocycles. The minimum absolute atomic E-state index is 0.0574. The Morgan fingerprint density at radius 1 is 1.25 bits per heavy atom. The third-order valence-corrected chi connectivity index (χ3v) is 8.55. The molecule has 0 aromatic carbocycles. The second kappa shape index (κ2) is 7.38. The van der Waals surface area contributed by atoms with Gasteiger partial charge in [-0.3, -0.25) is 9.59 Å². The number of aliphatic carboxylic acids is 1. The van der Waals surface area contributed by atoms with Gasteiger partial charge in [-0.25, -0.2) is 0 Å². The smallest absolute Gasteiger partial charge is 0.317 e. The van der Waals surface area contributed by atoms with Crippen LogP contribution in [0.3, 0.4) is 0 Å². The highest BCUT2D eigenvalue weighted by Gasteiger charge is 2.77. The molecule has 4 aliphatic carbocycles. The van der Waals surface area contributed by atoms with Gasteiger partial charge >= 0.3 is 11.9 Å². The average Bonchev–Trinajstić information content (AvgIpc) is 3.40. The summed E-state index contributed by atoms with van der Waals surface area (Å²) >= 11 is 0. The zero-order chi connectivity index (χ0) is 22.8. The van der Waals surface area contributed by atoms with Crippen LogP contribution in [0.15, 0.2) is 23.3 Å². The van der Waals surface area contributed by atoms with Gasteiger partial charge in [0.05, 0.1) is 25.7 Å². The first-order chi connectivity index (χ1) is 15.3. The van der Waals surface area contributed by atoms with E-state index in [1.54, 1.807) is 27.0 Å². The van der Waals surface area contributed by atoms with Crippen LogP contribution in [0.4, 0.5) is 0 Å². The van der Waals surface area contributed by atoms with Gasteiger partial charge in [0, 0.05) is 18.9 Å². The number of methoxy groups -OCH3 is 1. The summed E-state index contributed by atoms with van der Waals surface area (Å²) in [7, 11) is 1.58. The molecule has 2 bridgehead atoms. The van der Waals surface area contributed by atoms with Crippen LogP contribution in [-0.4, -0.2) is 62.2 Å². The van der Waals surface area contributed by atoms with E-state index in [0.717, 1.165) is 12.0 Å². The molecule has 0 amide bonds. The van der Waals surface area contributed by atoms with E-state index in [1.807, 2.05) is 6.08 Å². The number of hydrogen-bond donors (Lipinski definition) is 1. The van der Waals surface area contributed by atoms with Crippen molar-refractivity contribution in [1.29, 1.82) is 0 Å². The maximum absolute atomic E-state index is 13.5. The molecule has 8 nitrogen and oxygen atoms in total. The van der Waals surface area contributed by atoms with E-state index in [0.29, 0.717) is 44.5 Å². The number of esters is 1. The topological polar surface area (TPSA) is 101 Å². The number of rotatable bonds is 6. The van der Waals surface area contributed by atoms with Crippen molar-refractivity contribution < 1.29 is 38.4 Å². The fourth-order valence-corrected chi connectivity index (χ4v) is 7.49. The van der Waals surface area contributed by atoms with Gasteiger partial charge in [-0.05, 0) is 51.0 Å². The molecule has 176 valence electrons. The van der Waals surface area contributed by atoms with Crippen molar-refractivity contribution in [2.75, 3.05) is 33.7 Å². The first-order valence-corrected chi connectivity index (χ1v) is 11.5. The predicted molar refractivity (Wildman–Crippen MR) is 111 cm³/mol. The minimum Gasteiger partial charge on any atom is -0.480 e. The fourth-order valence-electron chi connectivity index (χ4n) is 7.49. The van der Waals surface area contributed by atoms with Crippen molar-refractivity contribution in [1.82, 2.24) is 0 Å². The van der Waals surface area contributed by atoms with Crippen molar-refractivity contribution in [2.24, 2.45) is 22.7 Å². The second-order valence-corrected chi connectivity index (χ2v) is 9.91. The summed E-state index contributed by atoms with van der Waals surface area (Å²) in [5, 5.41) is 10.2. The summed E-state index contributed by atoms with van der Waals surface area (Å²) in [6.45, 7) is 4.74. The van der Waals surface area contributed by atoms with Crippen molar-refractivity contribution in [3.63, 3.8) is 0 Å². The van der Waals surface area contributed by atoms with Gasteiger partial charge in [0.2, 0.25) is 0 Å². The summed E-state index contributed by atoms with van der Waals surface area (Å²) < 4.78 is 29.6. The Balaban J connectivity index is 1.67. The number of carboxylic acids is 1. The molecule has 0 aromatic rings. The number of fused-ring (bicyclic) bond motifs is 3. The average molecular weight is 449 g/mol. The standard InChI is InChI=1S/C24H32O8/c1-4-29-19(25)18-17-15(6-5-8-21(17,2)20(26)27)16-7-9-23(32-14-28-3)12-22(16,18)13-24(23)30-10-11-31-24/h5,8,16,18H,4,6-7,9-14H2,1-3H3,(H,26,27)/t16-,18-,21+,22+,23-/m0/s1. The van der Waals surface area contributed by atoms with Crippen LogP contribution in [0.2, 0.25) is 0 Å². The molecule has 1 heterocycles. The lowest BCUT2D eigenvalue weighted by Crippen LogP contribution is -2.54. The Labute approximate surface area is 187 Å². The third-order valence-electron chi connectivity index (χ3n) is 8.55. The molecule has 5 atom stereocenters. The lowest BCUT2D eigenvalue weighted by molar-refractivity contribution is -0.289. The maximum Gasteiger partial charge on any atom is 0.317 e. The SMILES string of the molecule is CCOC(=O)[C@@H]1C2=C(CC=C[C@@]2(C)C(=O)O)[C@@H]2CC[C@]3(OCOC)C[C@]12CC31OCCO1. The van der Waals surface area contributed by atoms with Gasteiger partial charge in [0.15, 0.2) is 5.79 Å². The van der Waals surface area contributed by atoms with Crippen LogP contribution in [0.25, 0.3) is 0 Å². The Morgan fingerprint density at radius 3 is 2.66 bits per heavy atom. The zero-order valence-corrected chi connectivity index (χ0v) is 19.0. The summed E-state index contributed by atoms with van der Waals surface area (Å²) in [4.78, 5) is 26.0. The first-order valence-electron chi connectivity index (χ1n) is 11.5. The van der Waals surface area contributed by atoms with E-state index in [2.05, 4.69) is 0 Å². The third kappa shape index (κ3) is 2.64. The molecular weight excluding hydrogens is 416 g/mol. The number of carbonyl (C=O) groups excluding carboxylic acids is 1. The molecule has 2 spiro atoms. The lowest BCUT2D eigenvalue weighted by Gasteiger charge is -2.45. The van der Waals surface area contributed by atoms with E-state index in [1.165, 1.54) is 0 Å². The van der Waals surface area contributed by atoms with Crippen LogP contribution in [0.1, 0.15) is 46.0 Å². The van der Waals surface area contributed by atoms with Crippen molar-refractivity contribution >= 4 is 11.9 Å². The minimum atomic E-state index is -1.25. The van der Waals surface area contributed by atoms with Crippen LogP contribution < -0.4 is 0 Å². The number of hydrogen-bond acceptors (Lipinski definition) is 7. The molecular formula is C24H32O8. The van der Waals surface area contributed by atoms with Crippen LogP contribution in [-0.2, 0) is 33.3 Å². The van der Waals surface area contributed by atoms with Crippen molar-refractivity contribution in [2.45, 2.75) is 57.3 Å².